The van der Waals surface area contributed by atoms with Crippen molar-refractivity contribution in [2.75, 3.05) is 11.9 Å². The number of nitrogens with zero attached hydrogens (tertiary/aromatic N) is 1. The van der Waals surface area contributed by atoms with Crippen LogP contribution in [0.25, 0.3) is 0 Å². The Kier molecular flexibility index (Phi) is 3.93. The highest BCUT2D eigenvalue weighted by atomic mass is 79.9. The number of benzene rings is 2. The summed E-state index contributed by atoms with van der Waals surface area (Å²) in [5.41, 5.74) is 5.72. The van der Waals surface area contributed by atoms with Crippen molar-refractivity contribution < 1.29 is 4.79 Å². The molecule has 0 aromatic heterocycles. The number of anilines is 1. The predicted octanol–water partition coefficient (Wildman–Crippen LogP) is 4.76. The smallest absolute Gasteiger partial charge is 0.231 e. The molecular formula is C17H15Br2NO. The third-order valence-corrected chi connectivity index (χ3v) is 5.87. The van der Waals surface area contributed by atoms with Gasteiger partial charge in [0.15, 0.2) is 0 Å². The van der Waals surface area contributed by atoms with Crippen molar-refractivity contribution in [2.45, 2.75) is 18.2 Å². The van der Waals surface area contributed by atoms with E-state index in [-0.39, 0.29) is 10.7 Å². The SMILES string of the molecule is Cc1ccc(C(Br)c2ccc3c(c2)CC(=O)N3C)cc1Br. The summed E-state index contributed by atoms with van der Waals surface area (Å²) in [6.07, 6.45) is 0.497. The van der Waals surface area contributed by atoms with Gasteiger partial charge in [-0.25, -0.2) is 0 Å². The van der Waals surface area contributed by atoms with Crippen molar-refractivity contribution in [1.29, 1.82) is 0 Å². The number of aryl methyl sites for hydroxylation is 1. The lowest BCUT2D eigenvalue weighted by molar-refractivity contribution is -0.117. The van der Waals surface area contributed by atoms with E-state index in [2.05, 4.69) is 69.1 Å². The second-order valence-electron chi connectivity index (χ2n) is 5.39. The highest BCUT2D eigenvalue weighted by molar-refractivity contribution is 9.10. The maximum atomic E-state index is 11.8. The number of likely N-dealkylation sites (N-methyl/N-ethyl adjacent to an activating group) is 1. The van der Waals surface area contributed by atoms with Crippen LogP contribution in [0.5, 0.6) is 0 Å². The van der Waals surface area contributed by atoms with Crippen molar-refractivity contribution in [1.82, 2.24) is 0 Å². The standard InChI is InChI=1S/C17H15Br2NO/c1-10-3-4-12(8-14(10)18)17(19)11-5-6-15-13(7-11)9-16(21)20(15)2/h3-8,17H,9H2,1-2H3. The fourth-order valence-electron chi connectivity index (χ4n) is 2.61. The molecule has 0 saturated carbocycles. The average Bonchev–Trinajstić information content (AvgIpc) is 2.76. The molecule has 0 bridgehead atoms. The van der Waals surface area contributed by atoms with Gasteiger partial charge in [-0.1, -0.05) is 56.1 Å². The number of amides is 1. The molecule has 0 radical (unpaired) electrons. The summed E-state index contributed by atoms with van der Waals surface area (Å²) in [5, 5.41) is 0. The molecule has 1 aliphatic heterocycles. The molecule has 1 atom stereocenters. The highest BCUT2D eigenvalue weighted by Crippen LogP contribution is 2.37. The van der Waals surface area contributed by atoms with Gasteiger partial charge in [0.2, 0.25) is 5.91 Å². The molecule has 21 heavy (non-hydrogen) atoms. The quantitative estimate of drug-likeness (QED) is 0.656. The van der Waals surface area contributed by atoms with E-state index in [0.29, 0.717) is 6.42 Å². The van der Waals surface area contributed by atoms with Gasteiger partial charge in [0.05, 0.1) is 11.2 Å². The number of alkyl halides is 1. The molecule has 0 N–H and O–H groups in total. The summed E-state index contributed by atoms with van der Waals surface area (Å²) < 4.78 is 1.11. The number of rotatable bonds is 2. The van der Waals surface area contributed by atoms with Crippen LogP contribution in [0.2, 0.25) is 0 Å². The number of fused-ring (bicyclic) bond motifs is 1. The van der Waals surface area contributed by atoms with Crippen LogP contribution in [0, 0.1) is 6.92 Å². The molecule has 1 aliphatic rings. The molecule has 1 heterocycles. The van der Waals surface area contributed by atoms with Crippen LogP contribution >= 0.6 is 31.9 Å². The van der Waals surface area contributed by atoms with Crippen molar-refractivity contribution in [3.05, 3.63) is 63.1 Å². The summed E-state index contributed by atoms with van der Waals surface area (Å²) in [7, 11) is 1.83. The number of halogens is 2. The molecule has 0 fully saturated rings. The largest absolute Gasteiger partial charge is 0.315 e. The summed E-state index contributed by atoms with van der Waals surface area (Å²) in [6, 6.07) is 12.6. The van der Waals surface area contributed by atoms with Crippen molar-refractivity contribution in [3.63, 3.8) is 0 Å². The highest BCUT2D eigenvalue weighted by Gasteiger charge is 2.25. The predicted molar refractivity (Wildman–Crippen MR) is 93.2 cm³/mol. The minimum Gasteiger partial charge on any atom is -0.315 e. The van der Waals surface area contributed by atoms with Crippen molar-refractivity contribution in [3.8, 4) is 0 Å². The normalized spacial score (nSPS) is 15.2. The van der Waals surface area contributed by atoms with Gasteiger partial charge in [-0.15, -0.1) is 0 Å². The molecule has 2 aromatic rings. The van der Waals surface area contributed by atoms with Gasteiger partial charge in [0.25, 0.3) is 0 Å². The van der Waals surface area contributed by atoms with Gasteiger partial charge in [0, 0.05) is 17.2 Å². The molecule has 1 unspecified atom stereocenters. The fourth-order valence-corrected chi connectivity index (χ4v) is 3.57. The second-order valence-corrected chi connectivity index (χ2v) is 7.16. The summed E-state index contributed by atoms with van der Waals surface area (Å²) >= 11 is 7.35. The van der Waals surface area contributed by atoms with E-state index < -0.39 is 0 Å². The summed E-state index contributed by atoms with van der Waals surface area (Å²) in [5.74, 6) is 0.159. The van der Waals surface area contributed by atoms with Gasteiger partial charge in [-0.05, 0) is 41.3 Å². The van der Waals surface area contributed by atoms with Crippen LogP contribution in [0.15, 0.2) is 40.9 Å². The van der Waals surface area contributed by atoms with E-state index >= 15 is 0 Å². The van der Waals surface area contributed by atoms with Crippen LogP contribution in [-0.4, -0.2) is 13.0 Å². The Labute approximate surface area is 141 Å². The summed E-state index contributed by atoms with van der Waals surface area (Å²) in [4.78, 5) is 13.6. The molecule has 1 amide bonds. The molecule has 0 aliphatic carbocycles. The number of hydrogen-bond donors (Lipinski definition) is 0. The molecule has 2 nitrogen and oxygen atoms in total. The van der Waals surface area contributed by atoms with E-state index in [1.54, 1.807) is 4.90 Å². The van der Waals surface area contributed by atoms with Crippen LogP contribution < -0.4 is 4.90 Å². The molecule has 2 aromatic carbocycles. The Morgan fingerprint density at radius 2 is 1.81 bits per heavy atom. The first-order valence-corrected chi connectivity index (χ1v) is 8.47. The van der Waals surface area contributed by atoms with Crippen LogP contribution in [0.4, 0.5) is 5.69 Å². The van der Waals surface area contributed by atoms with Crippen LogP contribution in [0.3, 0.4) is 0 Å². The number of carbonyl (C=O) groups excluding carboxylic acids is 1. The van der Waals surface area contributed by atoms with Crippen LogP contribution in [0.1, 0.15) is 27.1 Å². The maximum absolute atomic E-state index is 11.8. The number of carbonyl (C=O) groups is 1. The maximum Gasteiger partial charge on any atom is 0.231 e. The van der Waals surface area contributed by atoms with Gasteiger partial charge < -0.3 is 4.90 Å². The third-order valence-electron chi connectivity index (χ3n) is 3.96. The second kappa shape index (κ2) is 5.58. The zero-order valence-corrected chi connectivity index (χ0v) is 15.0. The van der Waals surface area contributed by atoms with E-state index in [9.17, 15) is 4.79 Å². The Hall–Kier alpha value is -1.13. The Morgan fingerprint density at radius 1 is 1.14 bits per heavy atom. The first kappa shape index (κ1) is 14.8. The van der Waals surface area contributed by atoms with Gasteiger partial charge in [-0.2, -0.15) is 0 Å². The minimum absolute atomic E-state index is 0.126. The molecular weight excluding hydrogens is 394 g/mol. The Morgan fingerprint density at radius 3 is 2.52 bits per heavy atom. The zero-order chi connectivity index (χ0) is 15.1. The van der Waals surface area contributed by atoms with E-state index in [0.717, 1.165) is 15.7 Å². The fraction of sp³-hybridized carbons (Fsp3) is 0.235. The lowest BCUT2D eigenvalue weighted by Crippen LogP contribution is -2.20. The van der Waals surface area contributed by atoms with Crippen molar-refractivity contribution in [2.24, 2.45) is 0 Å². The Bertz CT molecular complexity index is 727. The molecule has 108 valence electrons. The first-order chi connectivity index (χ1) is 9.97. The summed E-state index contributed by atoms with van der Waals surface area (Å²) in [6.45, 7) is 2.08. The molecule has 0 spiro atoms. The molecule has 3 rings (SSSR count). The lowest BCUT2D eigenvalue weighted by Gasteiger charge is -2.15. The Balaban J connectivity index is 1.96. The van der Waals surface area contributed by atoms with Crippen molar-refractivity contribution >= 4 is 43.5 Å². The van der Waals surface area contributed by atoms with E-state index in [1.165, 1.54) is 16.7 Å². The van der Waals surface area contributed by atoms with Crippen LogP contribution in [-0.2, 0) is 11.2 Å². The topological polar surface area (TPSA) is 20.3 Å². The minimum atomic E-state index is 0.126. The average molecular weight is 409 g/mol. The lowest BCUT2D eigenvalue weighted by atomic mass is 10.0. The third kappa shape index (κ3) is 2.67. The van der Waals surface area contributed by atoms with Gasteiger partial charge in [-0.3, -0.25) is 4.79 Å². The molecule has 4 heteroatoms. The molecule has 0 saturated heterocycles. The van der Waals surface area contributed by atoms with E-state index in [4.69, 9.17) is 0 Å². The van der Waals surface area contributed by atoms with Gasteiger partial charge >= 0.3 is 0 Å². The number of hydrogen-bond acceptors (Lipinski definition) is 1. The first-order valence-electron chi connectivity index (χ1n) is 6.77. The van der Waals surface area contributed by atoms with E-state index in [1.807, 2.05) is 13.1 Å². The van der Waals surface area contributed by atoms with Gasteiger partial charge in [0.1, 0.15) is 0 Å². The zero-order valence-electron chi connectivity index (χ0n) is 11.9. The monoisotopic (exact) mass is 407 g/mol.